The lowest BCUT2D eigenvalue weighted by Gasteiger charge is -2.20. The summed E-state index contributed by atoms with van der Waals surface area (Å²) >= 11 is 0. The molecular formula is C28H32N4O2. The molecule has 0 atom stereocenters. The number of aryl methyl sites for hydroxylation is 1. The summed E-state index contributed by atoms with van der Waals surface area (Å²) in [6, 6.07) is 19.6. The molecule has 0 fully saturated rings. The van der Waals surface area contributed by atoms with Gasteiger partial charge in [0.1, 0.15) is 17.2 Å². The molecule has 6 nitrogen and oxygen atoms in total. The van der Waals surface area contributed by atoms with Crippen molar-refractivity contribution in [3.05, 3.63) is 78.1 Å². The number of rotatable bonds is 9. The Balaban J connectivity index is 1.67. The third kappa shape index (κ3) is 4.76. The fraction of sp³-hybridized carbons (Fsp3) is 0.286. The van der Waals surface area contributed by atoms with Crippen LogP contribution in [0.15, 0.2) is 66.9 Å². The van der Waals surface area contributed by atoms with E-state index in [1.54, 1.807) is 7.11 Å². The van der Waals surface area contributed by atoms with E-state index in [0.29, 0.717) is 17.0 Å². The first-order valence-corrected chi connectivity index (χ1v) is 11.8. The van der Waals surface area contributed by atoms with E-state index in [2.05, 4.69) is 31.1 Å². The van der Waals surface area contributed by atoms with Gasteiger partial charge in [-0.2, -0.15) is 0 Å². The minimum atomic E-state index is -0.195. The quantitative estimate of drug-likeness (QED) is 0.333. The van der Waals surface area contributed by atoms with Gasteiger partial charge in [0.05, 0.1) is 24.1 Å². The lowest BCUT2D eigenvalue weighted by molar-refractivity contribution is 0.102. The van der Waals surface area contributed by atoms with Gasteiger partial charge in [0.2, 0.25) is 0 Å². The molecule has 2 aromatic heterocycles. The highest BCUT2D eigenvalue weighted by Gasteiger charge is 2.17. The first-order valence-electron chi connectivity index (χ1n) is 11.8. The molecule has 4 aromatic rings. The molecule has 0 saturated carbocycles. The van der Waals surface area contributed by atoms with Crippen molar-refractivity contribution in [1.82, 2.24) is 9.38 Å². The first-order chi connectivity index (χ1) is 16.5. The maximum atomic E-state index is 13.3. The molecule has 0 bridgehead atoms. The van der Waals surface area contributed by atoms with E-state index in [4.69, 9.17) is 9.72 Å². The van der Waals surface area contributed by atoms with Crippen LogP contribution in [-0.2, 0) is 6.42 Å². The molecule has 2 aromatic carbocycles. The number of hydrogen-bond acceptors (Lipinski definition) is 4. The Morgan fingerprint density at radius 3 is 2.56 bits per heavy atom. The molecule has 0 aliphatic carbocycles. The topological polar surface area (TPSA) is 58.9 Å². The minimum absolute atomic E-state index is 0.195. The molecule has 0 saturated heterocycles. The molecular weight excluding hydrogens is 424 g/mol. The van der Waals surface area contributed by atoms with Crippen LogP contribution in [0.4, 0.5) is 11.5 Å². The molecule has 6 heteroatoms. The van der Waals surface area contributed by atoms with Crippen LogP contribution in [0, 0.1) is 0 Å². The zero-order valence-corrected chi connectivity index (χ0v) is 20.3. The number of methoxy groups -OCH3 is 1. The predicted octanol–water partition coefficient (Wildman–Crippen LogP) is 6.06. The predicted molar refractivity (Wildman–Crippen MR) is 139 cm³/mol. The van der Waals surface area contributed by atoms with E-state index >= 15 is 0 Å². The Morgan fingerprint density at radius 2 is 1.85 bits per heavy atom. The zero-order valence-electron chi connectivity index (χ0n) is 20.3. The number of nitrogens with one attached hydrogen (secondary N) is 1. The Kier molecular flexibility index (Phi) is 7.16. The molecule has 0 aliphatic rings. The number of pyridine rings is 1. The van der Waals surface area contributed by atoms with Crippen molar-refractivity contribution in [2.24, 2.45) is 0 Å². The number of carbonyl (C=O) groups excluding carboxylic acids is 1. The average Bonchev–Trinajstić information content (AvgIpc) is 3.25. The second-order valence-corrected chi connectivity index (χ2v) is 8.39. The largest absolute Gasteiger partial charge is 0.495 e. The number of ether oxygens (including phenoxy) is 1. The van der Waals surface area contributed by atoms with E-state index in [1.807, 2.05) is 71.3 Å². The molecule has 0 radical (unpaired) electrons. The number of nitrogens with zero attached hydrogens (tertiary/aromatic N) is 3. The van der Waals surface area contributed by atoms with Crippen molar-refractivity contribution in [2.75, 3.05) is 30.9 Å². The maximum absolute atomic E-state index is 13.3. The molecule has 0 aliphatic heterocycles. The number of hydrogen-bond donors (Lipinski definition) is 1. The summed E-state index contributed by atoms with van der Waals surface area (Å²) in [6.45, 7) is 5.24. The van der Waals surface area contributed by atoms with Gasteiger partial charge in [0.25, 0.3) is 5.91 Å². The molecule has 0 spiro atoms. The van der Waals surface area contributed by atoms with E-state index in [1.165, 1.54) is 0 Å². The lowest BCUT2D eigenvalue weighted by atomic mass is 10.0. The van der Waals surface area contributed by atoms with Crippen LogP contribution < -0.4 is 15.0 Å². The highest BCUT2D eigenvalue weighted by atomic mass is 16.5. The van der Waals surface area contributed by atoms with Crippen molar-refractivity contribution in [3.63, 3.8) is 0 Å². The molecule has 2 heterocycles. The molecule has 4 rings (SSSR count). The van der Waals surface area contributed by atoms with E-state index in [-0.39, 0.29) is 5.91 Å². The van der Waals surface area contributed by atoms with Gasteiger partial charge in [-0.05, 0) is 48.2 Å². The number of aromatic nitrogens is 2. The van der Waals surface area contributed by atoms with E-state index < -0.39 is 0 Å². The van der Waals surface area contributed by atoms with Gasteiger partial charge in [-0.15, -0.1) is 0 Å². The van der Waals surface area contributed by atoms with Crippen molar-refractivity contribution in [2.45, 2.75) is 33.1 Å². The second kappa shape index (κ2) is 10.4. The Hall–Kier alpha value is -3.80. The summed E-state index contributed by atoms with van der Waals surface area (Å²) in [7, 11) is 3.69. The fourth-order valence-electron chi connectivity index (χ4n) is 4.17. The summed E-state index contributed by atoms with van der Waals surface area (Å²) in [4.78, 5) is 20.3. The number of fused-ring (bicyclic) bond motifs is 1. The Labute approximate surface area is 201 Å². The van der Waals surface area contributed by atoms with Gasteiger partial charge >= 0.3 is 0 Å². The second-order valence-electron chi connectivity index (χ2n) is 8.39. The fourth-order valence-corrected chi connectivity index (χ4v) is 4.17. The van der Waals surface area contributed by atoms with Crippen LogP contribution >= 0.6 is 0 Å². The van der Waals surface area contributed by atoms with Crippen LogP contribution in [0.5, 0.6) is 5.75 Å². The van der Waals surface area contributed by atoms with Crippen molar-refractivity contribution >= 4 is 23.1 Å². The number of unbranched alkanes of at least 4 members (excludes halogenated alkanes) is 1. The lowest BCUT2D eigenvalue weighted by Crippen LogP contribution is -2.21. The van der Waals surface area contributed by atoms with Crippen molar-refractivity contribution in [3.8, 4) is 16.9 Å². The Morgan fingerprint density at radius 1 is 1.06 bits per heavy atom. The third-order valence-corrected chi connectivity index (χ3v) is 6.02. The van der Waals surface area contributed by atoms with Crippen molar-refractivity contribution in [1.29, 1.82) is 0 Å². The van der Waals surface area contributed by atoms with Gasteiger partial charge < -0.3 is 15.0 Å². The zero-order chi connectivity index (χ0) is 24.1. The molecule has 0 unspecified atom stereocenters. The summed E-state index contributed by atoms with van der Waals surface area (Å²) in [5.41, 5.74) is 5.16. The summed E-state index contributed by atoms with van der Waals surface area (Å²) in [6.07, 6.45) is 4.94. The molecule has 1 N–H and O–H groups in total. The maximum Gasteiger partial charge on any atom is 0.257 e. The Bertz CT molecular complexity index is 1280. The number of amides is 1. The number of anilines is 2. The van der Waals surface area contributed by atoms with Gasteiger partial charge in [-0.3, -0.25) is 9.20 Å². The van der Waals surface area contributed by atoms with Crippen LogP contribution in [0.25, 0.3) is 16.8 Å². The van der Waals surface area contributed by atoms with Gasteiger partial charge in [0.15, 0.2) is 0 Å². The van der Waals surface area contributed by atoms with Gasteiger partial charge in [-0.25, -0.2) is 4.98 Å². The van der Waals surface area contributed by atoms with Gasteiger partial charge in [-0.1, -0.05) is 56.7 Å². The molecule has 176 valence electrons. The number of imidazole rings is 1. The monoisotopic (exact) mass is 456 g/mol. The van der Waals surface area contributed by atoms with E-state index in [0.717, 1.165) is 54.1 Å². The van der Waals surface area contributed by atoms with Crippen LogP contribution in [0.3, 0.4) is 0 Å². The van der Waals surface area contributed by atoms with Gasteiger partial charge in [0, 0.05) is 19.8 Å². The standard InChI is InChI=1S/C28H32N4O2/c1-5-7-17-31(3)28-23(6-2)29-26-16-14-22(19-32(26)28)27(33)30-24-18-21(13-15-25(24)34-4)20-11-9-8-10-12-20/h8-16,18-19H,5-7,17H2,1-4H3,(H,30,33). The highest BCUT2D eigenvalue weighted by molar-refractivity contribution is 6.05. The van der Waals surface area contributed by atoms with Crippen molar-refractivity contribution < 1.29 is 9.53 Å². The summed E-state index contributed by atoms with van der Waals surface area (Å²) < 4.78 is 7.54. The van der Waals surface area contributed by atoms with E-state index in [9.17, 15) is 4.79 Å². The first kappa shape index (κ1) is 23.4. The highest BCUT2D eigenvalue weighted by Crippen LogP contribution is 2.31. The number of carbonyl (C=O) groups is 1. The smallest absolute Gasteiger partial charge is 0.257 e. The third-order valence-electron chi connectivity index (χ3n) is 6.02. The number of benzene rings is 2. The van der Waals surface area contributed by atoms with Crippen LogP contribution in [-0.4, -0.2) is 36.0 Å². The minimum Gasteiger partial charge on any atom is -0.495 e. The summed E-state index contributed by atoms with van der Waals surface area (Å²) in [5, 5.41) is 3.05. The SMILES string of the molecule is CCCCN(C)c1c(CC)nc2ccc(C(=O)Nc3cc(-c4ccccc4)ccc3OC)cn12. The molecule has 1 amide bonds. The summed E-state index contributed by atoms with van der Waals surface area (Å²) in [5.74, 6) is 1.47. The van der Waals surface area contributed by atoms with Crippen LogP contribution in [0.2, 0.25) is 0 Å². The van der Waals surface area contributed by atoms with Crippen LogP contribution in [0.1, 0.15) is 42.7 Å². The average molecular weight is 457 g/mol. The molecule has 34 heavy (non-hydrogen) atoms. The normalized spacial score (nSPS) is 10.9.